The number of carbonyl (C=O) groups excluding carboxylic acids is 1. The number of hydrazine groups is 1. The minimum atomic E-state index is -0.228. The number of phenolic OH excluding ortho intramolecular Hbond substituents is 1. The van der Waals surface area contributed by atoms with Gasteiger partial charge in [0.2, 0.25) is 0 Å². The summed E-state index contributed by atoms with van der Waals surface area (Å²) >= 11 is 18.6. The second-order valence-corrected chi connectivity index (χ2v) is 16.5. The Bertz CT molecular complexity index is 1970. The molecular formula is C43H52Cl4N4O3. The van der Waals surface area contributed by atoms with Crippen LogP contribution < -0.4 is 10.2 Å². The van der Waals surface area contributed by atoms with Gasteiger partial charge in [-0.1, -0.05) is 84.8 Å². The summed E-state index contributed by atoms with van der Waals surface area (Å²) in [6.45, 7) is 12.4. The van der Waals surface area contributed by atoms with Crippen molar-refractivity contribution in [1.82, 2.24) is 20.2 Å². The third-order valence-corrected chi connectivity index (χ3v) is 11.6. The minimum Gasteiger partial charge on any atom is -0.507 e. The molecule has 11 heteroatoms. The lowest BCUT2D eigenvalue weighted by Crippen LogP contribution is -2.45. The number of aromatic nitrogens is 2. The number of amides is 1. The summed E-state index contributed by atoms with van der Waals surface area (Å²) in [4.78, 5) is 13.1. The van der Waals surface area contributed by atoms with Crippen LogP contribution in [0, 0.1) is 12.8 Å². The van der Waals surface area contributed by atoms with E-state index >= 15 is 0 Å². The fourth-order valence-electron chi connectivity index (χ4n) is 7.99. The molecule has 0 saturated carbocycles. The van der Waals surface area contributed by atoms with E-state index in [9.17, 15) is 9.90 Å². The molecule has 1 saturated heterocycles. The fraction of sp³-hybridized carbons (Fsp3) is 0.442. The van der Waals surface area contributed by atoms with Crippen molar-refractivity contribution in [3.63, 3.8) is 0 Å². The van der Waals surface area contributed by atoms with Crippen molar-refractivity contribution in [3.05, 3.63) is 104 Å². The van der Waals surface area contributed by atoms with Gasteiger partial charge in [-0.05, 0) is 114 Å². The fourth-order valence-corrected chi connectivity index (χ4v) is 8.61. The maximum atomic E-state index is 13.1. The molecule has 1 aliphatic carbocycles. The van der Waals surface area contributed by atoms with Crippen LogP contribution in [0.15, 0.2) is 66.2 Å². The molecule has 0 spiro atoms. The number of hydrogen-bond acceptors (Lipinski definition) is 5. The first-order valence-electron chi connectivity index (χ1n) is 18.9. The van der Waals surface area contributed by atoms with Crippen molar-refractivity contribution in [2.24, 2.45) is 5.92 Å². The molecule has 1 aromatic heterocycles. The van der Waals surface area contributed by atoms with Crippen LogP contribution in [-0.2, 0) is 6.42 Å². The predicted octanol–water partition coefficient (Wildman–Crippen LogP) is 12.1. The third-order valence-electron chi connectivity index (χ3n) is 10.8. The molecule has 1 fully saturated rings. The Balaban J connectivity index is 0.000000211. The summed E-state index contributed by atoms with van der Waals surface area (Å²) in [6.07, 6.45) is 12.6. The molecule has 0 bridgehead atoms. The molecular weight excluding hydrogens is 762 g/mol. The number of nitrogens with zero attached hydrogens (tertiary/aromatic N) is 3. The lowest BCUT2D eigenvalue weighted by atomic mass is 9.68. The van der Waals surface area contributed by atoms with Gasteiger partial charge in [0, 0.05) is 51.7 Å². The van der Waals surface area contributed by atoms with Gasteiger partial charge in [0.15, 0.2) is 5.69 Å². The normalized spacial score (nSPS) is 18.9. The summed E-state index contributed by atoms with van der Waals surface area (Å²) in [5.41, 5.74) is 9.88. The van der Waals surface area contributed by atoms with Crippen molar-refractivity contribution in [2.45, 2.75) is 104 Å². The van der Waals surface area contributed by atoms with E-state index < -0.39 is 0 Å². The number of ether oxygens (including phenoxy) is 1. The number of aromatic hydroxyl groups is 1. The average Bonchev–Trinajstić information content (AvgIpc) is 3.45. The number of nitrogens with one attached hydrogen (secondary N) is 1. The Morgan fingerprint density at radius 3 is 2.37 bits per heavy atom. The van der Waals surface area contributed by atoms with Crippen LogP contribution in [0.1, 0.15) is 112 Å². The number of piperidine rings is 1. The number of unbranched alkanes of at least 4 members (excludes halogenated alkanes) is 2. The molecule has 7 nitrogen and oxygen atoms in total. The summed E-state index contributed by atoms with van der Waals surface area (Å²) in [6, 6.07) is 16.8. The largest absolute Gasteiger partial charge is 0.507 e. The summed E-state index contributed by atoms with van der Waals surface area (Å²) in [7, 11) is 0. The Morgan fingerprint density at radius 2 is 1.69 bits per heavy atom. The standard InChI is InChI=1S/C22H21Cl3N4O.C21H30O2.ClH/c1-14-20(22(30)27-28-11-3-2-4-12-28)26-29(19-10-9-17(24)13-18(19)25)21(14)15-5-7-16(23)8-6-15;1-5-6-7-8-15-12-18(22)20-16-11-14(2)9-10-17(16)21(3,4)23-19(20)13-15;/h5-10,13H,2-4,11-12H2,1H3,(H,27,30);11-13,16-17,22H,5-10H2,1-4H3;1H/t;16-,17-;/m.1./s1. The topological polar surface area (TPSA) is 79.6 Å². The van der Waals surface area contributed by atoms with E-state index in [-0.39, 0.29) is 29.8 Å². The Kier molecular flexibility index (Phi) is 14.1. The van der Waals surface area contributed by atoms with E-state index in [0.717, 1.165) is 73.3 Å². The number of allylic oxidation sites excluding steroid dienone is 2. The Labute approximate surface area is 341 Å². The smallest absolute Gasteiger partial charge is 0.286 e. The lowest BCUT2D eigenvalue weighted by Gasteiger charge is -2.46. The molecule has 3 aromatic carbocycles. The van der Waals surface area contributed by atoms with Gasteiger partial charge in [-0.3, -0.25) is 10.2 Å². The second-order valence-electron chi connectivity index (χ2n) is 15.2. The first kappa shape index (κ1) is 42.0. The predicted molar refractivity (Wildman–Crippen MR) is 224 cm³/mol. The monoisotopic (exact) mass is 812 g/mol. The van der Waals surface area contributed by atoms with Gasteiger partial charge in [-0.2, -0.15) is 5.10 Å². The number of phenols is 1. The lowest BCUT2D eigenvalue weighted by molar-refractivity contribution is 0.0107. The molecule has 1 amide bonds. The molecule has 7 rings (SSSR count). The molecule has 3 heterocycles. The number of benzene rings is 3. The molecule has 4 aromatic rings. The maximum absolute atomic E-state index is 13.1. The number of carbonyl (C=O) groups is 1. The summed E-state index contributed by atoms with van der Waals surface area (Å²) in [5.74, 6) is 1.82. The van der Waals surface area contributed by atoms with E-state index in [0.29, 0.717) is 38.1 Å². The van der Waals surface area contributed by atoms with Crippen LogP contribution in [0.4, 0.5) is 0 Å². The van der Waals surface area contributed by atoms with E-state index in [4.69, 9.17) is 39.5 Å². The highest BCUT2D eigenvalue weighted by Gasteiger charge is 2.45. The molecule has 2 aliphatic heterocycles. The minimum absolute atomic E-state index is 0. The van der Waals surface area contributed by atoms with Crippen LogP contribution in [-0.4, -0.2) is 44.5 Å². The van der Waals surface area contributed by atoms with Crippen LogP contribution in [0.2, 0.25) is 15.1 Å². The number of hydrogen-bond donors (Lipinski definition) is 2. The Morgan fingerprint density at radius 1 is 0.981 bits per heavy atom. The van der Waals surface area contributed by atoms with E-state index in [2.05, 4.69) is 50.4 Å². The molecule has 2 N–H and O–H groups in total. The van der Waals surface area contributed by atoms with Gasteiger partial charge in [0.25, 0.3) is 5.91 Å². The number of rotatable bonds is 8. The highest BCUT2D eigenvalue weighted by atomic mass is 35.5. The average molecular weight is 815 g/mol. The van der Waals surface area contributed by atoms with Crippen molar-refractivity contribution in [3.8, 4) is 28.4 Å². The zero-order chi connectivity index (χ0) is 37.9. The number of aryl methyl sites for hydroxylation is 1. The van der Waals surface area contributed by atoms with Crippen molar-refractivity contribution in [1.29, 1.82) is 0 Å². The highest BCUT2D eigenvalue weighted by molar-refractivity contribution is 6.35. The maximum Gasteiger partial charge on any atom is 0.286 e. The van der Waals surface area contributed by atoms with Gasteiger partial charge in [-0.15, -0.1) is 12.4 Å². The Hall–Kier alpha value is -3.20. The first-order chi connectivity index (χ1) is 25.4. The molecule has 3 aliphatic rings. The zero-order valence-corrected chi connectivity index (χ0v) is 34.9. The van der Waals surface area contributed by atoms with Crippen molar-refractivity contribution in [2.75, 3.05) is 13.1 Å². The quantitative estimate of drug-likeness (QED) is 0.137. The van der Waals surface area contributed by atoms with Gasteiger partial charge >= 0.3 is 0 Å². The third kappa shape index (κ3) is 9.42. The summed E-state index contributed by atoms with van der Waals surface area (Å²) in [5, 5.41) is 18.9. The van der Waals surface area contributed by atoms with Gasteiger partial charge in [0.05, 0.1) is 16.4 Å². The van der Waals surface area contributed by atoms with Crippen molar-refractivity contribution < 1.29 is 14.6 Å². The van der Waals surface area contributed by atoms with Gasteiger partial charge in [-0.25, -0.2) is 9.69 Å². The summed E-state index contributed by atoms with van der Waals surface area (Å²) < 4.78 is 8.06. The van der Waals surface area contributed by atoms with E-state index in [1.54, 1.807) is 22.9 Å². The highest BCUT2D eigenvalue weighted by Crippen LogP contribution is 2.53. The molecule has 2 atom stereocenters. The second kappa shape index (κ2) is 18.2. The van der Waals surface area contributed by atoms with Crippen LogP contribution in [0.25, 0.3) is 16.9 Å². The number of halogens is 4. The van der Waals surface area contributed by atoms with Gasteiger partial charge in [0.1, 0.15) is 17.1 Å². The molecule has 0 unspecified atom stereocenters. The van der Waals surface area contributed by atoms with Crippen molar-refractivity contribution >= 4 is 53.1 Å². The van der Waals surface area contributed by atoms with Gasteiger partial charge < -0.3 is 9.84 Å². The first-order valence-corrected chi connectivity index (χ1v) is 20.1. The molecule has 0 radical (unpaired) electrons. The van der Waals surface area contributed by atoms with Crippen LogP contribution in [0.3, 0.4) is 0 Å². The molecule has 54 heavy (non-hydrogen) atoms. The SMILES string of the molecule is CCCCCc1cc(O)c2c(c1)OC(C)(C)[C@@H]1CCC(C)=C[C@@H]21.Cc1c(C(=O)NN2CCCCC2)nn(-c2ccc(Cl)cc2Cl)c1-c1ccc(Cl)cc1.Cl. The number of fused-ring (bicyclic) bond motifs is 3. The zero-order valence-electron chi connectivity index (χ0n) is 31.9. The van der Waals surface area contributed by atoms with Crippen LogP contribution >= 0.6 is 47.2 Å². The van der Waals surface area contributed by atoms with Crippen LogP contribution in [0.5, 0.6) is 11.5 Å². The molecule has 290 valence electrons. The van der Waals surface area contributed by atoms with E-state index in [1.807, 2.05) is 42.3 Å². The van der Waals surface area contributed by atoms with E-state index in [1.165, 1.54) is 36.8 Å².